The Balaban J connectivity index is 1.34. The number of aryl methyl sites for hydroxylation is 2. The number of hydrogen-bond donors (Lipinski definition) is 0. The number of aromatic nitrogens is 3. The van der Waals surface area contributed by atoms with E-state index in [2.05, 4.69) is 37.7 Å². The summed E-state index contributed by atoms with van der Waals surface area (Å²) in [4.78, 5) is 27.3. The monoisotopic (exact) mass is 749 g/mol. The molecule has 52 heavy (non-hydrogen) atoms. The lowest BCUT2D eigenvalue weighted by molar-refractivity contribution is 0.0982. The fourth-order valence-corrected chi connectivity index (χ4v) is 15.8. The number of oxazole rings is 1. The lowest BCUT2D eigenvalue weighted by atomic mass is 9.93. The largest absolute Gasteiger partial charge is 0.495 e. The molecule has 1 atom stereocenters. The van der Waals surface area contributed by atoms with Gasteiger partial charge in [-0.05, 0) is 82.3 Å². The van der Waals surface area contributed by atoms with Crippen LogP contribution >= 0.6 is 14.9 Å². The predicted octanol–water partition coefficient (Wildman–Crippen LogP) is 7.65. The summed E-state index contributed by atoms with van der Waals surface area (Å²) in [6.07, 6.45) is 4.22. The molecule has 2 saturated heterocycles. The number of hydrogen-bond acceptors (Lipinski definition) is 8. The molecule has 2 fully saturated rings. The van der Waals surface area contributed by atoms with Crippen LogP contribution in [0.5, 0.6) is 5.75 Å². The molecule has 12 nitrogen and oxygen atoms in total. The molecule has 3 aromatic heterocycles. The molecule has 0 spiro atoms. The summed E-state index contributed by atoms with van der Waals surface area (Å²) in [7, 11) is 2.67. The van der Waals surface area contributed by atoms with Gasteiger partial charge in [0.15, 0.2) is 5.78 Å². The van der Waals surface area contributed by atoms with E-state index in [-0.39, 0.29) is 29.2 Å². The number of Topliss-reactive ketones (excluding diaryl/α,β-unsaturated/α-hetero) is 1. The number of ketones is 1. The number of pyridine rings is 2. The van der Waals surface area contributed by atoms with E-state index in [9.17, 15) is 4.79 Å². The molecule has 0 aliphatic carbocycles. The second kappa shape index (κ2) is 14.2. The van der Waals surface area contributed by atoms with Crippen LogP contribution in [0.25, 0.3) is 22.4 Å². The number of benzene rings is 1. The third kappa shape index (κ3) is 7.31. The number of fused-ring (bicyclic) bond motifs is 1. The average molecular weight is 750 g/mol. The Hall–Kier alpha value is -3.24. The molecule has 0 radical (unpaired) electrons. The Kier molecular flexibility index (Phi) is 10.5. The molecular formula is C38H53N7O5P2. The van der Waals surface area contributed by atoms with Crippen LogP contribution in [0.3, 0.4) is 0 Å². The number of carbonyl (C=O) groups is 1. The topological polar surface area (TPSA) is 125 Å². The fraction of sp³-hybridized carbons (Fsp3) is 0.526. The highest BCUT2D eigenvalue weighted by Gasteiger charge is 2.54. The van der Waals surface area contributed by atoms with Crippen LogP contribution in [0.2, 0.25) is 0 Å². The van der Waals surface area contributed by atoms with Crippen LogP contribution in [0, 0.1) is 17.8 Å². The molecule has 0 bridgehead atoms. The number of ether oxygens (including phenoxy) is 1. The van der Waals surface area contributed by atoms with E-state index in [1.807, 2.05) is 84.1 Å². The minimum absolute atomic E-state index is 0.0300. The highest BCUT2D eigenvalue weighted by atomic mass is 31.2. The van der Waals surface area contributed by atoms with Gasteiger partial charge in [0.1, 0.15) is 11.5 Å². The van der Waals surface area contributed by atoms with Crippen LogP contribution < -0.4 is 4.74 Å². The maximum atomic E-state index is 15.6. The lowest BCUT2D eigenvalue weighted by Gasteiger charge is -2.52. The second-order valence-corrected chi connectivity index (χ2v) is 22.4. The molecule has 5 heterocycles. The summed E-state index contributed by atoms with van der Waals surface area (Å²) in [6.45, 7) is 13.1. The normalized spacial score (nSPS) is 21.3. The van der Waals surface area contributed by atoms with Crippen molar-refractivity contribution in [1.29, 1.82) is 0 Å². The first-order valence-corrected chi connectivity index (χ1v) is 21.3. The van der Waals surface area contributed by atoms with Crippen LogP contribution in [0.1, 0.15) is 67.3 Å². The molecule has 14 heteroatoms. The quantitative estimate of drug-likeness (QED) is 0.117. The Bertz CT molecular complexity index is 2030. The van der Waals surface area contributed by atoms with E-state index in [1.54, 1.807) is 25.6 Å². The van der Waals surface area contributed by atoms with Crippen molar-refractivity contribution >= 4 is 31.6 Å². The van der Waals surface area contributed by atoms with Crippen molar-refractivity contribution in [3.63, 3.8) is 0 Å². The standard InChI is InChI=1S/C38H53N7O5P2/c1-26-30(41-36(50-26)27-15-17-39-18-16-27)13-14-32(46)28-11-12-31-29(19-28)20-33(49-10)35(40-31)34(52(48)44(8)24-38(4,5)25-45(52)9)21-51(47)42(6)22-37(2,3)23-43(51)7/h11-12,15-20,34H,13-14,21-25H2,1-10H3. The van der Waals surface area contributed by atoms with Gasteiger partial charge in [-0.3, -0.25) is 18.9 Å². The van der Waals surface area contributed by atoms with Crippen LogP contribution in [-0.4, -0.2) is 107 Å². The van der Waals surface area contributed by atoms with Crippen LogP contribution in [-0.2, 0) is 15.6 Å². The van der Waals surface area contributed by atoms with E-state index in [4.69, 9.17) is 14.1 Å². The molecule has 0 N–H and O–H groups in total. The van der Waals surface area contributed by atoms with E-state index in [1.165, 1.54) is 0 Å². The van der Waals surface area contributed by atoms with Crippen LogP contribution in [0.15, 0.2) is 53.2 Å². The van der Waals surface area contributed by atoms with E-state index in [0.29, 0.717) is 66.8 Å². The third-order valence-electron chi connectivity index (χ3n) is 10.6. The van der Waals surface area contributed by atoms with Crippen molar-refractivity contribution in [2.24, 2.45) is 10.8 Å². The number of nitrogens with zero attached hydrogens (tertiary/aromatic N) is 7. The van der Waals surface area contributed by atoms with E-state index in [0.717, 1.165) is 16.6 Å². The number of rotatable bonds is 10. The summed E-state index contributed by atoms with van der Waals surface area (Å²) in [5.74, 6) is 1.62. The molecule has 6 rings (SSSR count). The van der Waals surface area contributed by atoms with Gasteiger partial charge in [-0.1, -0.05) is 27.7 Å². The average Bonchev–Trinajstić information content (AvgIpc) is 3.46. The maximum Gasteiger partial charge on any atom is 0.226 e. The Morgan fingerprint density at radius 1 is 0.885 bits per heavy atom. The van der Waals surface area contributed by atoms with E-state index < -0.39 is 20.5 Å². The SMILES string of the molecule is COc1cc2cc(C(=O)CCc3nc(-c4ccncc4)oc3C)ccc2nc1C(CP1(=O)N(C)CC(C)(C)CN1C)P1(=O)N(C)CC(C)(C)CN1C. The molecule has 2 aliphatic heterocycles. The summed E-state index contributed by atoms with van der Waals surface area (Å²) in [5, 5.41) is 0.729. The highest BCUT2D eigenvalue weighted by Crippen LogP contribution is 2.72. The first kappa shape index (κ1) is 38.5. The summed E-state index contributed by atoms with van der Waals surface area (Å²) < 4.78 is 50.5. The minimum atomic E-state index is -3.38. The Morgan fingerprint density at radius 3 is 2.08 bits per heavy atom. The summed E-state index contributed by atoms with van der Waals surface area (Å²) in [5.41, 5.74) is 2.44. The van der Waals surface area contributed by atoms with Gasteiger partial charge in [0.25, 0.3) is 0 Å². The van der Waals surface area contributed by atoms with Gasteiger partial charge in [-0.15, -0.1) is 0 Å². The maximum absolute atomic E-state index is 15.6. The summed E-state index contributed by atoms with van der Waals surface area (Å²) >= 11 is 0. The van der Waals surface area contributed by atoms with Gasteiger partial charge < -0.3 is 9.15 Å². The van der Waals surface area contributed by atoms with Crippen LogP contribution in [0.4, 0.5) is 0 Å². The van der Waals surface area contributed by atoms with Crippen molar-refractivity contribution < 1.29 is 23.1 Å². The zero-order chi connectivity index (χ0) is 37.8. The van der Waals surface area contributed by atoms with Gasteiger partial charge in [-0.25, -0.2) is 28.6 Å². The van der Waals surface area contributed by atoms with Crippen molar-refractivity contribution in [3.05, 3.63) is 71.5 Å². The van der Waals surface area contributed by atoms with Gasteiger partial charge in [0, 0.05) is 74.1 Å². The lowest BCUT2D eigenvalue weighted by Crippen LogP contribution is -2.49. The molecule has 2 aliphatic rings. The number of carbonyl (C=O) groups excluding carboxylic acids is 1. The highest BCUT2D eigenvalue weighted by molar-refractivity contribution is 7.63. The van der Waals surface area contributed by atoms with Gasteiger partial charge in [0.2, 0.25) is 20.8 Å². The Morgan fingerprint density at radius 2 is 1.48 bits per heavy atom. The first-order valence-electron chi connectivity index (χ1n) is 17.8. The third-order valence-corrected chi connectivity index (χ3v) is 17.6. The molecule has 280 valence electrons. The fourth-order valence-electron chi connectivity index (χ4n) is 8.26. The minimum Gasteiger partial charge on any atom is -0.495 e. The number of methoxy groups -OCH3 is 1. The van der Waals surface area contributed by atoms with Crippen molar-refractivity contribution in [2.45, 2.75) is 53.1 Å². The smallest absolute Gasteiger partial charge is 0.226 e. The van der Waals surface area contributed by atoms with Crippen molar-refractivity contribution in [1.82, 2.24) is 33.6 Å². The van der Waals surface area contributed by atoms with Gasteiger partial charge in [0.05, 0.1) is 29.7 Å². The van der Waals surface area contributed by atoms with E-state index >= 15 is 9.13 Å². The van der Waals surface area contributed by atoms with Gasteiger partial charge in [-0.2, -0.15) is 0 Å². The molecule has 1 aromatic carbocycles. The zero-order valence-corrected chi connectivity index (χ0v) is 34.0. The summed E-state index contributed by atoms with van der Waals surface area (Å²) in [6, 6.07) is 11.0. The van der Waals surface area contributed by atoms with Gasteiger partial charge >= 0.3 is 0 Å². The molecule has 4 aromatic rings. The molecule has 1 unspecified atom stereocenters. The predicted molar refractivity (Wildman–Crippen MR) is 206 cm³/mol. The van der Waals surface area contributed by atoms with Crippen molar-refractivity contribution in [2.75, 3.05) is 67.6 Å². The molecule has 0 amide bonds. The first-order chi connectivity index (χ1) is 24.4. The zero-order valence-electron chi connectivity index (χ0n) is 32.2. The second-order valence-electron chi connectivity index (χ2n) is 16.2. The molecule has 0 saturated carbocycles. The molecular weight excluding hydrogens is 696 g/mol. The Labute approximate surface area is 307 Å². The van der Waals surface area contributed by atoms with Crippen molar-refractivity contribution in [3.8, 4) is 17.2 Å².